The van der Waals surface area contributed by atoms with Gasteiger partial charge < -0.3 is 0 Å². The summed E-state index contributed by atoms with van der Waals surface area (Å²) in [5, 5.41) is 14.1. The molecule has 0 saturated carbocycles. The third-order valence-corrected chi connectivity index (χ3v) is 34.7. The number of rotatable bonds is 11. The van der Waals surface area contributed by atoms with Crippen LogP contribution in [0, 0.1) is 0 Å². The van der Waals surface area contributed by atoms with Gasteiger partial charge in [0, 0.05) is 11.1 Å². The van der Waals surface area contributed by atoms with Crippen LogP contribution in [0.15, 0.2) is 474 Å². The van der Waals surface area contributed by atoms with E-state index in [4.69, 9.17) is 70.6 Å². The number of hydrogen-bond donors (Lipinski definition) is 0. The molecule has 0 saturated heterocycles. The van der Waals surface area contributed by atoms with E-state index in [1.54, 1.807) is 0 Å². The fourth-order valence-corrected chi connectivity index (χ4v) is 27.6. The second kappa shape index (κ2) is 35.7. The molecule has 9 heterocycles. The van der Waals surface area contributed by atoms with E-state index in [1.807, 2.05) is 66.7 Å². The quantitative estimate of drug-likeness (QED) is 0.0887. The summed E-state index contributed by atoms with van der Waals surface area (Å²) in [6.45, 7) is 0. The summed E-state index contributed by atoms with van der Waals surface area (Å²) < 4.78 is 235. The third-order valence-electron chi connectivity index (χ3n) is 27.2. The second-order valence-electron chi connectivity index (χ2n) is 35.9. The topological polar surface area (TPSA) is 168 Å². The average molecular weight is 2140 g/mol. The van der Waals surface area contributed by atoms with Gasteiger partial charge >= 0.3 is 786 Å². The molecule has 0 unspecified atom stereocenters. The van der Waals surface area contributed by atoms with E-state index < -0.39 is 232 Å². The molecule has 0 aliphatic carbocycles. The van der Waals surface area contributed by atoms with Crippen molar-refractivity contribution in [2.24, 2.45) is 0 Å². The molecule has 9 aromatic heterocycles. The summed E-state index contributed by atoms with van der Waals surface area (Å²) in [5.41, 5.74) is 15.6. The summed E-state index contributed by atoms with van der Waals surface area (Å²) in [6, 6.07) is 93.2. The van der Waals surface area contributed by atoms with Crippen molar-refractivity contribution in [1.82, 2.24) is 49.8 Å². The van der Waals surface area contributed by atoms with Crippen LogP contribution < -0.4 is 0 Å². The van der Waals surface area contributed by atoms with Crippen LogP contribution in [0.1, 0.15) is 32.9 Å². The molecule has 32 aromatic rings. The average Bonchev–Trinajstić information content (AvgIpc) is 1.36. The Kier molecular flexibility index (Phi) is 15.7. The number of oxazole rings is 3. The van der Waals surface area contributed by atoms with Gasteiger partial charge in [-0.1, -0.05) is 54.5 Å². The van der Waals surface area contributed by atoms with Crippen molar-refractivity contribution < 1.29 is 46.1 Å². The summed E-state index contributed by atoms with van der Waals surface area (Å²) >= 11 is -0.845. The number of nitrogens with zero attached hydrogens (tertiary/aromatic N) is 10. The zero-order valence-electron chi connectivity index (χ0n) is 102. The largest absolute Gasteiger partial charge is 0.0615 e. The van der Waals surface area contributed by atoms with E-state index in [1.165, 1.54) is 38.6 Å². The van der Waals surface area contributed by atoms with Crippen LogP contribution >= 0.6 is 0 Å². The first-order valence-electron chi connectivity index (χ1n) is 59.9. The number of benzene rings is 23. The van der Waals surface area contributed by atoms with E-state index in [0.29, 0.717) is 11.8 Å². The SMILES string of the molecule is [2H]c1c([2H])c([2H])c(-c2nc(-c3c([2H])c([2H])c4c([2H])c([2H])c5c([2H])c([2H])c6nc(-c7c([2H])c([2H])c([2H])c([2H])c7[2H])oc6c5c4c3[2H])nc(-c3c([2H])c([2H])c([2H])c4c3[se]c3c([2H])c([2H])c([2H])c([2H])c34)n2)c([2H])c1[2H].c1ccc(-c2nc3ccc4ccc5ccc(-c6cccc7nc(-c8ccccc8)c(-c8cccc9c8[se]c8ccccc89)nc67)cc5c4c3o2)cc1.c1ccc(-c2nc3ccc4ccc5ccc(-c6nc7c(ccc8ccccc87)nc6-c6cccc7c6[se]c6ccccc67)cc5c4c3o2)cc1. The van der Waals surface area contributed by atoms with Gasteiger partial charge in [-0.05, 0) is 42.4 Å². The van der Waals surface area contributed by atoms with Crippen molar-refractivity contribution in [3.8, 4) is 125 Å². The van der Waals surface area contributed by atoms with Crippen LogP contribution in [0.4, 0.5) is 0 Å². The molecule has 0 aliphatic rings. The van der Waals surface area contributed by atoms with E-state index in [-0.39, 0.29) is 53.9 Å². The summed E-state index contributed by atoms with van der Waals surface area (Å²) in [5.74, 6) is -1.48. The number of para-hydroxylation sites is 1. The molecule has 0 N–H and O–H groups in total. The van der Waals surface area contributed by atoms with Crippen LogP contribution in [0.5, 0.6) is 0 Å². The Labute approximate surface area is 907 Å². The molecule has 0 amide bonds. The molecule has 0 aliphatic heterocycles. The van der Waals surface area contributed by atoms with E-state index in [2.05, 4.69) is 269 Å². The van der Waals surface area contributed by atoms with Crippen LogP contribution in [-0.4, -0.2) is 93.4 Å². The zero-order valence-corrected chi connectivity index (χ0v) is 83.1. The van der Waals surface area contributed by atoms with E-state index in [0.717, 1.165) is 165 Å². The normalized spacial score (nSPS) is 14.1. The first-order chi connectivity index (χ1) is 84.3. The molecule has 16 heteroatoms. The molecule has 0 radical (unpaired) electrons. The molecule has 0 bridgehead atoms. The Morgan fingerprint density at radius 2 is 0.633 bits per heavy atom. The van der Waals surface area contributed by atoms with Gasteiger partial charge in [-0.15, -0.1) is 0 Å². The van der Waals surface area contributed by atoms with Crippen LogP contribution in [0.25, 0.3) is 313 Å². The Balaban J connectivity index is 0.000000117. The van der Waals surface area contributed by atoms with Crippen molar-refractivity contribution in [2.75, 3.05) is 0 Å². The van der Waals surface area contributed by atoms with Crippen molar-refractivity contribution in [3.05, 3.63) is 460 Å². The van der Waals surface area contributed by atoms with Gasteiger partial charge in [0.2, 0.25) is 5.89 Å². The van der Waals surface area contributed by atoms with Crippen molar-refractivity contribution in [3.63, 3.8) is 0 Å². The fraction of sp³-hybridized carbons (Fsp3) is 0. The summed E-state index contributed by atoms with van der Waals surface area (Å²) in [6.07, 6.45) is 0. The summed E-state index contributed by atoms with van der Waals surface area (Å²) in [7, 11) is 0. The predicted molar refractivity (Wildman–Crippen MR) is 620 cm³/mol. The standard InChI is InChI=1S/C47H27N3OSe.C45H25N3OSe.C42H24N4OSe/c1-3-11-30(12-4-1)42-44(36-18-9-17-35-34-15-7-8-20-40(34)52-46(35)36)50-43-33(16-10-19-38(43)48-42)32-24-22-28-21-23-29-25-26-39-45(41(29)37(28)27-32)51-47(49-39)31-13-5-2-6-14-31;1-2-10-29(11-3-1)45-47-37-24-22-28-19-17-27-18-20-30(25-35(27)39(28)43(37)49-45)40-42(46-36-23-21-26-9-4-5-12-31(26)41(36)48-40)34-15-8-14-33-32-13-6-7-16-38(32)50-44(33)34;1-3-10-27(11-4-1)39-44-40(46-41(45-39)32-16-9-15-31-30-14-7-8-17-35(30)48-38(31)32)29-21-19-25-18-20-26-22-23-34-37(36(26)33(25)24-29)47-42(43-34)28-12-5-2-6-13-28/h1-27H;1-25H;1-24H/i;;1D,2D,3D,4D,5D,6D,7D,8D,9D,10D,11D,12D,13D,14D,15D,16D,17D,18D,19D,20D,21D,22D,23D,24D. The first kappa shape index (κ1) is 65.8. The summed E-state index contributed by atoms with van der Waals surface area (Å²) in [4.78, 5) is 49.4. The van der Waals surface area contributed by atoms with Crippen LogP contribution in [0.2, 0.25) is 0 Å². The van der Waals surface area contributed by atoms with Crippen LogP contribution in [0.3, 0.4) is 0 Å². The molecule has 150 heavy (non-hydrogen) atoms. The van der Waals surface area contributed by atoms with Gasteiger partial charge in [-0.2, -0.15) is 0 Å². The van der Waals surface area contributed by atoms with Gasteiger partial charge in [-0.25, -0.2) is 4.98 Å². The molecule has 698 valence electrons. The number of hydrogen-bond acceptors (Lipinski definition) is 13. The molecule has 23 aromatic carbocycles. The van der Waals surface area contributed by atoms with Gasteiger partial charge in [-0.3, -0.25) is 0 Å². The molecule has 32 rings (SSSR count). The Bertz CT molecular complexity index is 12800. The molecule has 0 atom stereocenters. The maximum Gasteiger partial charge on any atom is -0.0495 e. The third kappa shape index (κ3) is 14.9. The van der Waals surface area contributed by atoms with Crippen molar-refractivity contribution in [2.45, 2.75) is 0 Å². The van der Waals surface area contributed by atoms with Gasteiger partial charge in [0.1, 0.15) is 0 Å². The second-order valence-corrected chi connectivity index (χ2v) is 42.5. The monoisotopic (exact) mass is 2140 g/mol. The molecule has 13 nitrogen and oxygen atoms in total. The minimum atomic E-state index is -1.17. The molecule has 0 spiro atoms. The van der Waals surface area contributed by atoms with Crippen molar-refractivity contribution in [1.29, 1.82) is 0 Å². The van der Waals surface area contributed by atoms with Gasteiger partial charge in [0.15, 0.2) is 0 Å². The molecule has 0 fully saturated rings. The maximum atomic E-state index is 9.84. The minimum absolute atomic E-state index is 0.0150. The maximum absolute atomic E-state index is 9.84. The first-order valence-corrected chi connectivity index (χ1v) is 53.0. The Morgan fingerprint density at radius 1 is 0.193 bits per heavy atom. The van der Waals surface area contributed by atoms with Gasteiger partial charge in [0.05, 0.1) is 8.22 Å². The van der Waals surface area contributed by atoms with E-state index in [9.17, 15) is 5.48 Å². The smallest absolute Gasteiger partial charge is 0.0495 e. The van der Waals surface area contributed by atoms with Crippen LogP contribution in [-0.2, 0) is 0 Å². The molecular weight excluding hydrogens is 2030 g/mol. The van der Waals surface area contributed by atoms with Crippen molar-refractivity contribution >= 4 is 232 Å². The zero-order chi connectivity index (χ0) is 119. The van der Waals surface area contributed by atoms with E-state index >= 15 is 0 Å². The molecular formula is C134H76N10O3Se3. The minimum Gasteiger partial charge on any atom is -0.0615 e. The number of aromatic nitrogens is 10. The number of fused-ring (bicyclic) bond motifs is 28. The Hall–Kier alpha value is -18.5. The fourth-order valence-electron chi connectivity index (χ4n) is 20.3. The van der Waals surface area contributed by atoms with Gasteiger partial charge in [0.25, 0.3) is 0 Å². The Morgan fingerprint density at radius 3 is 1.31 bits per heavy atom. The predicted octanol–water partition coefficient (Wildman–Crippen LogP) is 34.1.